The van der Waals surface area contributed by atoms with Crippen molar-refractivity contribution >= 4 is 17.0 Å². The lowest BCUT2D eigenvalue weighted by Crippen LogP contribution is -2.10. The molecule has 0 atom stereocenters. The van der Waals surface area contributed by atoms with Crippen LogP contribution in [0, 0.1) is 0 Å². The van der Waals surface area contributed by atoms with Crippen molar-refractivity contribution in [1.29, 1.82) is 0 Å². The number of fused-ring (bicyclic) bond motifs is 1. The predicted molar refractivity (Wildman–Crippen MR) is 61.3 cm³/mol. The van der Waals surface area contributed by atoms with Gasteiger partial charge in [-0.3, -0.25) is 4.79 Å². The van der Waals surface area contributed by atoms with Gasteiger partial charge in [0, 0.05) is 18.1 Å². The van der Waals surface area contributed by atoms with Crippen LogP contribution in [0.2, 0.25) is 0 Å². The Morgan fingerprint density at radius 1 is 1.56 bits per heavy atom. The molecule has 2 aromatic heterocycles. The first-order valence-corrected chi connectivity index (χ1v) is 5.42. The third kappa shape index (κ3) is 2.32. The van der Waals surface area contributed by atoms with E-state index in [1.165, 1.54) is 23.9 Å². The number of pyridine rings is 1. The zero-order chi connectivity index (χ0) is 13.1. The minimum Gasteiger partial charge on any atom is -0.469 e. The average molecular weight is 254 g/mol. The molecule has 0 aliphatic rings. The van der Waals surface area contributed by atoms with Crippen molar-refractivity contribution in [1.82, 2.24) is 9.55 Å². The smallest absolute Gasteiger partial charge is 0.307 e. The quantitative estimate of drug-likeness (QED) is 0.787. The molecule has 0 spiro atoms. The van der Waals surface area contributed by atoms with Crippen molar-refractivity contribution in [3.8, 4) is 0 Å². The molecule has 0 radical (unpaired) electrons. The Hall–Kier alpha value is -1.98. The number of hydrogen-bond donors (Lipinski definition) is 0. The molecule has 0 saturated heterocycles. The number of nitrogens with zero attached hydrogens (tertiary/aromatic N) is 2. The number of methoxy groups -OCH3 is 1. The van der Waals surface area contributed by atoms with Gasteiger partial charge in [0.2, 0.25) is 0 Å². The lowest BCUT2D eigenvalue weighted by Gasteiger charge is -2.08. The number of hydrogen-bond acceptors (Lipinski definition) is 3. The minimum atomic E-state index is -2.60. The summed E-state index contributed by atoms with van der Waals surface area (Å²) in [5, 5.41) is 0.637. The van der Waals surface area contributed by atoms with Crippen molar-refractivity contribution in [2.45, 2.75) is 19.4 Å². The highest BCUT2D eigenvalue weighted by Crippen LogP contribution is 2.26. The van der Waals surface area contributed by atoms with Crippen LogP contribution < -0.4 is 0 Å². The number of aromatic nitrogens is 2. The van der Waals surface area contributed by atoms with Gasteiger partial charge in [-0.2, -0.15) is 0 Å². The van der Waals surface area contributed by atoms with E-state index in [1.807, 2.05) is 0 Å². The third-order valence-electron chi connectivity index (χ3n) is 2.68. The largest absolute Gasteiger partial charge is 0.469 e. The molecular weight excluding hydrogens is 242 g/mol. The SMILES string of the molecule is COC(=O)CCn1c(C(F)F)cc2cccnc21. The van der Waals surface area contributed by atoms with E-state index in [-0.39, 0.29) is 18.7 Å². The fourth-order valence-electron chi connectivity index (χ4n) is 1.83. The highest BCUT2D eigenvalue weighted by molar-refractivity contribution is 5.77. The van der Waals surface area contributed by atoms with Gasteiger partial charge in [0.05, 0.1) is 19.2 Å². The van der Waals surface area contributed by atoms with Crippen LogP contribution in [0.25, 0.3) is 11.0 Å². The first kappa shape index (κ1) is 12.5. The second kappa shape index (κ2) is 5.12. The second-order valence-electron chi connectivity index (χ2n) is 3.76. The summed E-state index contributed by atoms with van der Waals surface area (Å²) in [5.74, 6) is -0.437. The number of ether oxygens (including phenoxy) is 1. The highest BCUT2D eigenvalue weighted by atomic mass is 19.3. The average Bonchev–Trinajstić information content (AvgIpc) is 2.75. The summed E-state index contributed by atoms with van der Waals surface area (Å²) in [5.41, 5.74) is 0.323. The van der Waals surface area contributed by atoms with Crippen molar-refractivity contribution in [2.75, 3.05) is 7.11 Å². The Morgan fingerprint density at radius 2 is 2.33 bits per heavy atom. The van der Waals surface area contributed by atoms with Crippen molar-refractivity contribution in [3.63, 3.8) is 0 Å². The molecule has 0 aliphatic carbocycles. The second-order valence-corrected chi connectivity index (χ2v) is 3.76. The van der Waals surface area contributed by atoms with Gasteiger partial charge in [-0.25, -0.2) is 13.8 Å². The summed E-state index contributed by atoms with van der Waals surface area (Å²) in [6.45, 7) is 0.132. The van der Waals surface area contributed by atoms with Crippen LogP contribution in [0.4, 0.5) is 8.78 Å². The number of halogens is 2. The summed E-state index contributed by atoms with van der Waals surface area (Å²) < 4.78 is 31.7. The predicted octanol–water partition coefficient (Wildman–Crippen LogP) is 2.54. The Bertz CT molecular complexity index is 566. The van der Waals surface area contributed by atoms with Gasteiger partial charge in [0.1, 0.15) is 5.65 Å². The molecule has 2 heterocycles. The molecule has 6 heteroatoms. The monoisotopic (exact) mass is 254 g/mol. The van der Waals surface area contributed by atoms with Crippen LogP contribution in [-0.4, -0.2) is 22.6 Å². The molecule has 2 aromatic rings. The fraction of sp³-hybridized carbons (Fsp3) is 0.333. The molecule has 4 nitrogen and oxygen atoms in total. The molecule has 0 fully saturated rings. The maximum atomic E-state index is 12.9. The maximum absolute atomic E-state index is 12.9. The van der Waals surface area contributed by atoms with Gasteiger partial charge in [-0.1, -0.05) is 0 Å². The Balaban J connectivity index is 2.39. The van der Waals surface area contributed by atoms with E-state index in [2.05, 4.69) is 9.72 Å². The van der Waals surface area contributed by atoms with Crippen LogP contribution in [0.1, 0.15) is 18.5 Å². The van der Waals surface area contributed by atoms with Gasteiger partial charge in [0.25, 0.3) is 6.43 Å². The van der Waals surface area contributed by atoms with Crippen molar-refractivity contribution in [3.05, 3.63) is 30.1 Å². The molecule has 0 bridgehead atoms. The zero-order valence-corrected chi connectivity index (χ0v) is 9.77. The van der Waals surface area contributed by atoms with E-state index >= 15 is 0 Å². The lowest BCUT2D eigenvalue weighted by atomic mass is 10.3. The number of rotatable bonds is 4. The number of alkyl halides is 2. The Morgan fingerprint density at radius 3 is 3.00 bits per heavy atom. The van der Waals surface area contributed by atoms with E-state index in [0.29, 0.717) is 11.0 Å². The highest BCUT2D eigenvalue weighted by Gasteiger charge is 2.17. The Labute approximate surface area is 102 Å². The molecule has 0 aliphatic heterocycles. The number of carbonyl (C=O) groups is 1. The molecule has 18 heavy (non-hydrogen) atoms. The minimum absolute atomic E-state index is 0.0383. The molecule has 0 N–H and O–H groups in total. The van der Waals surface area contributed by atoms with E-state index in [0.717, 1.165) is 0 Å². The molecule has 0 aromatic carbocycles. The third-order valence-corrected chi connectivity index (χ3v) is 2.68. The maximum Gasteiger partial charge on any atom is 0.307 e. The first-order valence-electron chi connectivity index (χ1n) is 5.42. The lowest BCUT2D eigenvalue weighted by molar-refractivity contribution is -0.140. The van der Waals surface area contributed by atoms with Crippen molar-refractivity contribution in [2.24, 2.45) is 0 Å². The summed E-state index contributed by atoms with van der Waals surface area (Å²) in [6.07, 6.45) is -1.03. The number of aryl methyl sites for hydroxylation is 1. The molecule has 2 rings (SSSR count). The fourth-order valence-corrected chi connectivity index (χ4v) is 1.83. The van der Waals surface area contributed by atoms with Crippen LogP contribution >= 0.6 is 0 Å². The molecule has 0 saturated carbocycles. The number of carbonyl (C=O) groups excluding carboxylic acids is 1. The van der Waals surface area contributed by atoms with E-state index in [9.17, 15) is 13.6 Å². The molecular formula is C12H12F2N2O2. The molecule has 0 amide bonds. The standard InChI is InChI=1S/C12H12F2N2O2/c1-18-10(17)4-6-16-9(11(13)14)7-8-3-2-5-15-12(8)16/h2-3,5,7,11H,4,6H2,1H3. The normalized spacial score (nSPS) is 11.1. The van der Waals surface area contributed by atoms with Gasteiger partial charge >= 0.3 is 5.97 Å². The van der Waals surface area contributed by atoms with E-state index < -0.39 is 12.4 Å². The first-order chi connectivity index (χ1) is 8.63. The van der Waals surface area contributed by atoms with Crippen LogP contribution in [0.15, 0.2) is 24.4 Å². The Kier molecular flexibility index (Phi) is 3.55. The molecule has 0 unspecified atom stereocenters. The zero-order valence-electron chi connectivity index (χ0n) is 9.77. The van der Waals surface area contributed by atoms with E-state index in [1.54, 1.807) is 12.1 Å². The van der Waals surface area contributed by atoms with Crippen LogP contribution in [-0.2, 0) is 16.1 Å². The molecule has 96 valence electrons. The van der Waals surface area contributed by atoms with Gasteiger partial charge < -0.3 is 9.30 Å². The van der Waals surface area contributed by atoms with Crippen molar-refractivity contribution < 1.29 is 18.3 Å². The summed E-state index contributed by atoms with van der Waals surface area (Å²) >= 11 is 0. The van der Waals surface area contributed by atoms with Crippen LogP contribution in [0.5, 0.6) is 0 Å². The van der Waals surface area contributed by atoms with Gasteiger partial charge in [-0.05, 0) is 18.2 Å². The van der Waals surface area contributed by atoms with Gasteiger partial charge in [-0.15, -0.1) is 0 Å². The van der Waals surface area contributed by atoms with Gasteiger partial charge in [0.15, 0.2) is 0 Å². The summed E-state index contributed by atoms with van der Waals surface area (Å²) in [4.78, 5) is 15.1. The van der Waals surface area contributed by atoms with Crippen LogP contribution in [0.3, 0.4) is 0 Å². The topological polar surface area (TPSA) is 44.1 Å². The summed E-state index contributed by atoms with van der Waals surface area (Å²) in [7, 11) is 1.27. The number of esters is 1. The summed E-state index contributed by atoms with van der Waals surface area (Å²) in [6, 6.07) is 4.79. The van der Waals surface area contributed by atoms with E-state index in [4.69, 9.17) is 0 Å².